The Morgan fingerprint density at radius 1 is 1.30 bits per heavy atom. The molecule has 1 atom stereocenters. The minimum atomic E-state index is -0.310. The summed E-state index contributed by atoms with van der Waals surface area (Å²) < 4.78 is 0. The van der Waals surface area contributed by atoms with E-state index >= 15 is 0 Å². The van der Waals surface area contributed by atoms with E-state index in [0.29, 0.717) is 11.7 Å². The number of hydrogen-bond donors (Lipinski definition) is 3. The van der Waals surface area contributed by atoms with Crippen LogP contribution < -0.4 is 10.6 Å². The van der Waals surface area contributed by atoms with Gasteiger partial charge in [-0.3, -0.25) is 15.3 Å². The highest BCUT2D eigenvalue weighted by Gasteiger charge is 2.21. The molecule has 0 aliphatic carbocycles. The van der Waals surface area contributed by atoms with Crippen molar-refractivity contribution in [2.45, 2.75) is 12.6 Å². The number of pyridine rings is 1. The number of benzene rings is 1. The van der Waals surface area contributed by atoms with Crippen LogP contribution in [0.5, 0.6) is 5.75 Å². The number of thioether (sulfide) groups is 1. The summed E-state index contributed by atoms with van der Waals surface area (Å²) in [6, 6.07) is 10.4. The van der Waals surface area contributed by atoms with Crippen LogP contribution in [0.3, 0.4) is 0 Å². The first kappa shape index (κ1) is 15.4. The molecule has 118 valence electrons. The fourth-order valence-corrected chi connectivity index (χ4v) is 3.14. The van der Waals surface area contributed by atoms with Crippen LogP contribution in [0.15, 0.2) is 53.8 Å². The number of carbonyl (C=O) groups excluding carboxylic acids is 1. The molecule has 1 aromatic heterocycles. The van der Waals surface area contributed by atoms with Gasteiger partial charge in [0.1, 0.15) is 5.75 Å². The molecule has 0 saturated carbocycles. The number of amides is 2. The molecule has 0 bridgehead atoms. The van der Waals surface area contributed by atoms with Gasteiger partial charge in [-0.2, -0.15) is 0 Å². The molecule has 2 aromatic rings. The summed E-state index contributed by atoms with van der Waals surface area (Å²) in [5.74, 6) is 0.979. The quantitative estimate of drug-likeness (QED) is 0.807. The summed E-state index contributed by atoms with van der Waals surface area (Å²) in [6.45, 7) is 0.339. The Kier molecular flexibility index (Phi) is 4.77. The largest absolute Gasteiger partial charge is 0.508 e. The number of hydrogen-bond acceptors (Lipinski definition) is 5. The van der Waals surface area contributed by atoms with Crippen molar-refractivity contribution < 1.29 is 9.90 Å². The number of carbonyl (C=O) groups is 1. The van der Waals surface area contributed by atoms with Crippen molar-refractivity contribution >= 4 is 23.0 Å². The number of aromatic hydroxyl groups is 1. The SMILES string of the molecule is O=C(NCc1cccc(O)c1)NC1=NC(c2ccncc2)CS1. The standard InChI is InChI=1S/C16H16N4O2S/c21-13-3-1-2-11(8-13)9-18-15(22)20-16-19-14(10-23-16)12-4-6-17-7-5-12/h1-8,14,21H,9-10H2,(H2,18,19,20,22). The van der Waals surface area contributed by atoms with E-state index in [0.717, 1.165) is 16.9 Å². The first-order valence-corrected chi connectivity index (χ1v) is 8.12. The summed E-state index contributed by atoms with van der Waals surface area (Å²) in [6.07, 6.45) is 3.48. The van der Waals surface area contributed by atoms with Crippen molar-refractivity contribution in [2.24, 2.45) is 4.99 Å². The molecule has 3 N–H and O–H groups in total. The van der Waals surface area contributed by atoms with Crippen LogP contribution in [0.25, 0.3) is 0 Å². The molecule has 0 spiro atoms. The van der Waals surface area contributed by atoms with Gasteiger partial charge in [-0.1, -0.05) is 23.9 Å². The summed E-state index contributed by atoms with van der Waals surface area (Å²) in [5, 5.41) is 15.5. The molecule has 3 rings (SSSR count). The second kappa shape index (κ2) is 7.15. The number of urea groups is 1. The normalized spacial score (nSPS) is 16.7. The lowest BCUT2D eigenvalue weighted by atomic mass is 10.1. The fourth-order valence-electron chi connectivity index (χ4n) is 2.19. The van der Waals surface area contributed by atoms with Crippen molar-refractivity contribution in [3.8, 4) is 5.75 Å². The summed E-state index contributed by atoms with van der Waals surface area (Å²) >= 11 is 1.52. The molecule has 7 heteroatoms. The Balaban J connectivity index is 1.52. The van der Waals surface area contributed by atoms with E-state index in [-0.39, 0.29) is 17.8 Å². The lowest BCUT2D eigenvalue weighted by Crippen LogP contribution is -2.37. The minimum Gasteiger partial charge on any atom is -0.508 e. The molecule has 1 aliphatic rings. The van der Waals surface area contributed by atoms with Crippen LogP contribution >= 0.6 is 11.8 Å². The van der Waals surface area contributed by atoms with Crippen molar-refractivity contribution in [1.29, 1.82) is 0 Å². The van der Waals surface area contributed by atoms with Crippen LogP contribution in [0.2, 0.25) is 0 Å². The van der Waals surface area contributed by atoms with E-state index in [1.54, 1.807) is 30.6 Å². The number of phenolic OH excluding ortho intramolecular Hbond substituents is 1. The highest BCUT2D eigenvalue weighted by molar-refractivity contribution is 8.14. The van der Waals surface area contributed by atoms with E-state index in [2.05, 4.69) is 20.6 Å². The van der Waals surface area contributed by atoms with Gasteiger partial charge in [-0.25, -0.2) is 4.79 Å². The Morgan fingerprint density at radius 3 is 2.91 bits per heavy atom. The monoisotopic (exact) mass is 328 g/mol. The van der Waals surface area contributed by atoms with E-state index in [9.17, 15) is 9.90 Å². The third-order valence-electron chi connectivity index (χ3n) is 3.33. The molecular weight excluding hydrogens is 312 g/mol. The van der Waals surface area contributed by atoms with Gasteiger partial charge in [-0.15, -0.1) is 0 Å². The van der Waals surface area contributed by atoms with Gasteiger partial charge >= 0.3 is 6.03 Å². The molecule has 1 aliphatic heterocycles. The zero-order chi connectivity index (χ0) is 16.1. The van der Waals surface area contributed by atoms with Crippen LogP contribution in [0, 0.1) is 0 Å². The lowest BCUT2D eigenvalue weighted by molar-refractivity contribution is 0.245. The number of nitrogens with zero attached hydrogens (tertiary/aromatic N) is 2. The number of nitrogens with one attached hydrogen (secondary N) is 2. The van der Waals surface area contributed by atoms with Crippen molar-refractivity contribution in [1.82, 2.24) is 15.6 Å². The third-order valence-corrected chi connectivity index (χ3v) is 4.29. The highest BCUT2D eigenvalue weighted by Crippen LogP contribution is 2.28. The van der Waals surface area contributed by atoms with Gasteiger partial charge in [0.05, 0.1) is 6.04 Å². The predicted octanol–water partition coefficient (Wildman–Crippen LogP) is 2.43. The maximum atomic E-state index is 11.9. The van der Waals surface area contributed by atoms with Crippen molar-refractivity contribution in [2.75, 3.05) is 5.75 Å². The fraction of sp³-hybridized carbons (Fsp3) is 0.188. The number of aromatic nitrogens is 1. The predicted molar refractivity (Wildman–Crippen MR) is 90.3 cm³/mol. The summed E-state index contributed by atoms with van der Waals surface area (Å²) in [7, 11) is 0. The lowest BCUT2D eigenvalue weighted by Gasteiger charge is -2.07. The van der Waals surface area contributed by atoms with Gasteiger partial charge in [0, 0.05) is 24.7 Å². The zero-order valence-electron chi connectivity index (χ0n) is 12.3. The second-order valence-electron chi connectivity index (χ2n) is 5.02. The Labute approximate surface area is 138 Å². The van der Waals surface area contributed by atoms with Crippen LogP contribution in [-0.4, -0.2) is 27.0 Å². The van der Waals surface area contributed by atoms with Crippen molar-refractivity contribution in [3.63, 3.8) is 0 Å². The molecule has 6 nitrogen and oxygen atoms in total. The van der Waals surface area contributed by atoms with Gasteiger partial charge < -0.3 is 10.4 Å². The number of aliphatic imine (C=N–C) groups is 1. The molecule has 0 fully saturated rings. The maximum Gasteiger partial charge on any atom is 0.321 e. The van der Waals surface area contributed by atoms with Crippen LogP contribution in [0.4, 0.5) is 4.79 Å². The van der Waals surface area contributed by atoms with Gasteiger partial charge in [0.25, 0.3) is 0 Å². The Hall–Kier alpha value is -2.54. The Morgan fingerprint density at radius 2 is 2.13 bits per heavy atom. The second-order valence-corrected chi connectivity index (χ2v) is 6.03. The first-order chi connectivity index (χ1) is 11.2. The van der Waals surface area contributed by atoms with Crippen LogP contribution in [-0.2, 0) is 6.54 Å². The maximum absolute atomic E-state index is 11.9. The highest BCUT2D eigenvalue weighted by atomic mass is 32.2. The molecular formula is C16H16N4O2S. The third kappa shape index (κ3) is 4.23. The number of amidine groups is 1. The molecule has 1 unspecified atom stereocenters. The zero-order valence-corrected chi connectivity index (χ0v) is 13.1. The molecule has 2 heterocycles. The number of phenols is 1. The smallest absolute Gasteiger partial charge is 0.321 e. The van der Waals surface area contributed by atoms with E-state index < -0.39 is 0 Å². The summed E-state index contributed by atoms with van der Waals surface area (Å²) in [4.78, 5) is 20.4. The molecule has 0 saturated heterocycles. The number of rotatable bonds is 3. The van der Waals surface area contributed by atoms with Crippen molar-refractivity contribution in [3.05, 3.63) is 59.9 Å². The Bertz CT molecular complexity index is 721. The van der Waals surface area contributed by atoms with E-state index in [1.165, 1.54) is 11.8 Å². The molecule has 2 amide bonds. The molecule has 23 heavy (non-hydrogen) atoms. The first-order valence-electron chi connectivity index (χ1n) is 7.14. The van der Waals surface area contributed by atoms with Crippen LogP contribution in [0.1, 0.15) is 17.2 Å². The van der Waals surface area contributed by atoms with Gasteiger partial charge in [-0.05, 0) is 35.4 Å². The minimum absolute atomic E-state index is 0.0457. The van der Waals surface area contributed by atoms with E-state index in [1.807, 2.05) is 18.2 Å². The average Bonchev–Trinajstić information content (AvgIpc) is 3.02. The summed E-state index contributed by atoms with van der Waals surface area (Å²) in [5.41, 5.74) is 1.92. The van der Waals surface area contributed by atoms with Gasteiger partial charge in [0.2, 0.25) is 0 Å². The molecule has 1 aromatic carbocycles. The van der Waals surface area contributed by atoms with E-state index in [4.69, 9.17) is 0 Å². The average molecular weight is 328 g/mol. The molecule has 0 radical (unpaired) electrons. The topological polar surface area (TPSA) is 86.6 Å². The van der Waals surface area contributed by atoms with Gasteiger partial charge in [0.15, 0.2) is 5.17 Å².